The lowest BCUT2D eigenvalue weighted by Crippen LogP contribution is -2.51. The number of nitrogens with one attached hydrogen (secondary N) is 1. The summed E-state index contributed by atoms with van der Waals surface area (Å²) in [6.45, 7) is 7.03. The first-order valence-electron chi connectivity index (χ1n) is 13.1. The lowest BCUT2D eigenvalue weighted by Gasteiger charge is -2.32. The standard InChI is InChI=1S/C30H35ClFN3O4S/c1-5-6-17-33-30(37)23(4)34(19-24-9-12-26(32)13-10-24)29(36)20-35(28-16-11-25(31)18-22(28)3)40(38,39)27-14-7-21(2)8-15-27/h7-16,18,23H,5-6,17,19-20H2,1-4H3,(H,33,37)/t23-/m1/s1. The fraction of sp³-hybridized carbons (Fsp3) is 0.333. The fourth-order valence-corrected chi connectivity index (χ4v) is 5.86. The second kappa shape index (κ2) is 13.8. The third kappa shape index (κ3) is 7.82. The smallest absolute Gasteiger partial charge is 0.264 e. The van der Waals surface area contributed by atoms with Crippen molar-refractivity contribution in [3.8, 4) is 0 Å². The molecule has 0 unspecified atom stereocenters. The zero-order valence-electron chi connectivity index (χ0n) is 23.2. The predicted octanol–water partition coefficient (Wildman–Crippen LogP) is 5.62. The van der Waals surface area contributed by atoms with Gasteiger partial charge in [0.25, 0.3) is 10.0 Å². The number of sulfonamides is 1. The van der Waals surface area contributed by atoms with E-state index in [0.717, 1.165) is 22.7 Å². The van der Waals surface area contributed by atoms with Gasteiger partial charge in [-0.3, -0.25) is 13.9 Å². The van der Waals surface area contributed by atoms with E-state index in [0.29, 0.717) is 28.4 Å². The minimum atomic E-state index is -4.18. The first-order chi connectivity index (χ1) is 18.9. The summed E-state index contributed by atoms with van der Waals surface area (Å²) < 4.78 is 42.4. The molecular formula is C30H35ClFN3O4S. The number of unbranched alkanes of at least 4 members (excludes halogenated alkanes) is 1. The molecule has 7 nitrogen and oxygen atoms in total. The van der Waals surface area contributed by atoms with Crippen molar-refractivity contribution in [1.82, 2.24) is 10.2 Å². The highest BCUT2D eigenvalue weighted by atomic mass is 35.5. The van der Waals surface area contributed by atoms with E-state index < -0.39 is 34.3 Å². The molecule has 0 aliphatic carbocycles. The molecule has 2 amide bonds. The summed E-state index contributed by atoms with van der Waals surface area (Å²) in [5.74, 6) is -1.38. The first-order valence-corrected chi connectivity index (χ1v) is 14.9. The summed E-state index contributed by atoms with van der Waals surface area (Å²) in [4.78, 5) is 28.3. The molecule has 3 rings (SSSR count). The average molecular weight is 588 g/mol. The molecule has 0 aliphatic rings. The van der Waals surface area contributed by atoms with Crippen LogP contribution in [0.3, 0.4) is 0 Å². The summed E-state index contributed by atoms with van der Waals surface area (Å²) in [5, 5.41) is 3.26. The van der Waals surface area contributed by atoms with E-state index in [1.54, 1.807) is 44.2 Å². The number of anilines is 1. The van der Waals surface area contributed by atoms with Crippen molar-refractivity contribution in [2.75, 3.05) is 17.4 Å². The molecule has 0 aromatic heterocycles. The summed E-state index contributed by atoms with van der Waals surface area (Å²) in [5.41, 5.74) is 2.34. The van der Waals surface area contributed by atoms with Crippen LogP contribution in [0.2, 0.25) is 5.02 Å². The molecule has 0 radical (unpaired) electrons. The van der Waals surface area contributed by atoms with Crippen LogP contribution >= 0.6 is 11.6 Å². The second-order valence-electron chi connectivity index (χ2n) is 9.72. The SMILES string of the molecule is CCCCNC(=O)[C@@H](C)N(Cc1ccc(F)cc1)C(=O)CN(c1ccc(Cl)cc1C)S(=O)(=O)c1ccc(C)cc1. The van der Waals surface area contributed by atoms with Crippen LogP contribution in [-0.2, 0) is 26.2 Å². The molecule has 1 N–H and O–H groups in total. The van der Waals surface area contributed by atoms with Gasteiger partial charge < -0.3 is 10.2 Å². The van der Waals surface area contributed by atoms with E-state index in [-0.39, 0.29) is 17.3 Å². The zero-order chi connectivity index (χ0) is 29.4. The molecule has 0 fully saturated rings. The Kier molecular flexibility index (Phi) is 10.7. The molecule has 0 bridgehead atoms. The summed E-state index contributed by atoms with van der Waals surface area (Å²) >= 11 is 6.14. The average Bonchev–Trinajstić information content (AvgIpc) is 2.91. The number of hydrogen-bond donors (Lipinski definition) is 1. The van der Waals surface area contributed by atoms with E-state index in [1.807, 2.05) is 13.8 Å². The van der Waals surface area contributed by atoms with Gasteiger partial charge >= 0.3 is 0 Å². The van der Waals surface area contributed by atoms with Crippen molar-refractivity contribution in [3.05, 3.63) is 94.3 Å². The lowest BCUT2D eigenvalue weighted by molar-refractivity contribution is -0.139. The van der Waals surface area contributed by atoms with Gasteiger partial charge in [0.05, 0.1) is 10.6 Å². The second-order valence-corrected chi connectivity index (χ2v) is 12.0. The maximum Gasteiger partial charge on any atom is 0.264 e. The van der Waals surface area contributed by atoms with Gasteiger partial charge in [-0.2, -0.15) is 0 Å². The quantitative estimate of drug-likeness (QED) is 0.279. The molecule has 3 aromatic carbocycles. The van der Waals surface area contributed by atoms with Crippen LogP contribution in [0, 0.1) is 19.7 Å². The van der Waals surface area contributed by atoms with Gasteiger partial charge in [0.2, 0.25) is 11.8 Å². The van der Waals surface area contributed by atoms with E-state index in [2.05, 4.69) is 5.32 Å². The number of halogens is 2. The Balaban J connectivity index is 2.03. The number of amides is 2. The Morgan fingerprint density at radius 2 is 1.65 bits per heavy atom. The Morgan fingerprint density at radius 3 is 2.25 bits per heavy atom. The lowest BCUT2D eigenvalue weighted by atomic mass is 10.1. The third-order valence-corrected chi connectivity index (χ3v) is 8.59. The Labute approximate surface area is 241 Å². The number of nitrogens with zero attached hydrogens (tertiary/aromatic N) is 2. The highest BCUT2D eigenvalue weighted by Gasteiger charge is 2.33. The van der Waals surface area contributed by atoms with Crippen LogP contribution in [0.15, 0.2) is 71.6 Å². The highest BCUT2D eigenvalue weighted by molar-refractivity contribution is 7.92. The van der Waals surface area contributed by atoms with Crippen LogP contribution in [0.5, 0.6) is 0 Å². The van der Waals surface area contributed by atoms with Crippen LogP contribution in [0.1, 0.15) is 43.4 Å². The minimum Gasteiger partial charge on any atom is -0.354 e. The van der Waals surface area contributed by atoms with Crippen LogP contribution < -0.4 is 9.62 Å². The summed E-state index contributed by atoms with van der Waals surface area (Å²) in [6, 6.07) is 15.8. The Hall–Kier alpha value is -3.43. The van der Waals surface area contributed by atoms with Gasteiger partial charge in [-0.05, 0) is 80.8 Å². The van der Waals surface area contributed by atoms with E-state index in [4.69, 9.17) is 11.6 Å². The molecule has 0 aliphatic heterocycles. The van der Waals surface area contributed by atoms with Gasteiger partial charge in [0.15, 0.2) is 0 Å². The molecule has 214 valence electrons. The molecule has 0 saturated carbocycles. The molecule has 1 atom stereocenters. The van der Waals surface area contributed by atoms with Crippen molar-refractivity contribution in [1.29, 1.82) is 0 Å². The Morgan fingerprint density at radius 1 is 1.00 bits per heavy atom. The molecule has 0 spiro atoms. The highest BCUT2D eigenvalue weighted by Crippen LogP contribution is 2.29. The molecule has 10 heteroatoms. The minimum absolute atomic E-state index is 0.0144. The van der Waals surface area contributed by atoms with Gasteiger partial charge in [-0.1, -0.05) is 54.8 Å². The van der Waals surface area contributed by atoms with Crippen LogP contribution in [-0.4, -0.2) is 44.3 Å². The third-order valence-electron chi connectivity index (χ3n) is 6.58. The van der Waals surface area contributed by atoms with E-state index in [9.17, 15) is 22.4 Å². The van der Waals surface area contributed by atoms with Gasteiger partial charge in [-0.15, -0.1) is 0 Å². The van der Waals surface area contributed by atoms with Crippen molar-refractivity contribution < 1.29 is 22.4 Å². The first kappa shape index (κ1) is 31.1. The normalized spacial score (nSPS) is 12.1. The Bertz CT molecular complexity index is 1430. The molecule has 40 heavy (non-hydrogen) atoms. The molecule has 3 aromatic rings. The summed E-state index contributed by atoms with van der Waals surface area (Å²) in [6.07, 6.45) is 1.67. The number of aryl methyl sites for hydroxylation is 2. The van der Waals surface area contributed by atoms with Crippen LogP contribution in [0.4, 0.5) is 10.1 Å². The number of benzene rings is 3. The fourth-order valence-electron chi connectivity index (χ4n) is 4.15. The van der Waals surface area contributed by atoms with Crippen molar-refractivity contribution in [2.45, 2.75) is 58.0 Å². The van der Waals surface area contributed by atoms with E-state index >= 15 is 0 Å². The van der Waals surface area contributed by atoms with Gasteiger partial charge in [0, 0.05) is 18.1 Å². The van der Waals surface area contributed by atoms with Crippen LogP contribution in [0.25, 0.3) is 0 Å². The maximum absolute atomic E-state index is 13.9. The number of hydrogen-bond acceptors (Lipinski definition) is 4. The van der Waals surface area contributed by atoms with Crippen molar-refractivity contribution >= 4 is 39.1 Å². The molecule has 0 saturated heterocycles. The number of rotatable bonds is 12. The maximum atomic E-state index is 13.9. The number of carbonyl (C=O) groups is 2. The van der Waals surface area contributed by atoms with Crippen molar-refractivity contribution in [3.63, 3.8) is 0 Å². The largest absolute Gasteiger partial charge is 0.354 e. The monoisotopic (exact) mass is 587 g/mol. The predicted molar refractivity (Wildman–Crippen MR) is 156 cm³/mol. The topological polar surface area (TPSA) is 86.8 Å². The molecular weight excluding hydrogens is 553 g/mol. The van der Waals surface area contributed by atoms with Crippen molar-refractivity contribution in [2.24, 2.45) is 0 Å². The van der Waals surface area contributed by atoms with Gasteiger partial charge in [-0.25, -0.2) is 12.8 Å². The molecule has 0 heterocycles. The van der Waals surface area contributed by atoms with E-state index in [1.165, 1.54) is 41.3 Å². The van der Waals surface area contributed by atoms with Gasteiger partial charge in [0.1, 0.15) is 18.4 Å². The zero-order valence-corrected chi connectivity index (χ0v) is 24.7. The number of carbonyl (C=O) groups excluding carboxylic acids is 2. The summed E-state index contributed by atoms with van der Waals surface area (Å²) in [7, 11) is -4.18.